The van der Waals surface area contributed by atoms with E-state index in [0.29, 0.717) is 6.54 Å². The number of carbonyl (C=O) groups excluding carboxylic acids is 1. The molecule has 0 aromatic heterocycles. The summed E-state index contributed by atoms with van der Waals surface area (Å²) in [5, 5.41) is 2.75. The molecule has 1 heterocycles. The van der Waals surface area contributed by atoms with Crippen molar-refractivity contribution < 1.29 is 18.8 Å². The van der Waals surface area contributed by atoms with Gasteiger partial charge in [0.2, 0.25) is 0 Å². The highest BCUT2D eigenvalue weighted by Crippen LogP contribution is 2.36. The molecule has 0 radical (unpaired) electrons. The summed E-state index contributed by atoms with van der Waals surface area (Å²) in [5.74, 6) is 1.94. The van der Waals surface area contributed by atoms with Gasteiger partial charge < -0.3 is 24.3 Å². The average molecular weight is 340 g/mol. The maximum Gasteiger partial charge on any atom is 0.486 e. The molecule has 6 nitrogen and oxygen atoms in total. The van der Waals surface area contributed by atoms with Crippen LogP contribution in [0.5, 0.6) is 0 Å². The highest BCUT2D eigenvalue weighted by Gasteiger charge is 2.49. The lowest BCUT2D eigenvalue weighted by Gasteiger charge is -2.32. The third kappa shape index (κ3) is 6.83. The Hall–Kier alpha value is -1.05. The summed E-state index contributed by atoms with van der Waals surface area (Å²) < 4.78 is 17.0. The summed E-state index contributed by atoms with van der Waals surface area (Å²) in [5.41, 5.74) is -1.10. The molecule has 138 valence electrons. The third-order valence-electron chi connectivity index (χ3n) is 4.14. The first-order chi connectivity index (χ1) is 10.8. The minimum atomic E-state index is -0.471. The lowest BCUT2D eigenvalue weighted by Crippen LogP contribution is -2.41. The first-order valence-electron chi connectivity index (χ1n) is 8.50. The summed E-state index contributed by atoms with van der Waals surface area (Å²) in [6.07, 6.45) is 1.64. The summed E-state index contributed by atoms with van der Waals surface area (Å²) in [7, 11) is 1.68. The van der Waals surface area contributed by atoms with Crippen LogP contribution in [-0.2, 0) is 14.0 Å². The molecule has 7 heteroatoms. The minimum absolute atomic E-state index is 0.314. The normalized spacial score (nSPS) is 20.0. The van der Waals surface area contributed by atoms with E-state index in [4.69, 9.17) is 14.0 Å². The standard InChI is InChI=1S/C17H33BN2O4/c1-15(2,3)22-14(21)19-11-13-20(8)12-9-10-18-23-16(4,5)17(6,7)24-18/h9-10H,11-13H2,1-8H3,(H,19,21)/b10-9+. The molecule has 0 atom stereocenters. The van der Waals surface area contributed by atoms with Crippen molar-refractivity contribution in [2.24, 2.45) is 0 Å². The zero-order chi connectivity index (χ0) is 18.6. The number of alkyl carbamates (subject to hydrolysis) is 1. The van der Waals surface area contributed by atoms with Crippen molar-refractivity contribution in [2.45, 2.75) is 65.3 Å². The van der Waals surface area contributed by atoms with Crippen LogP contribution in [0, 0.1) is 0 Å². The SMILES string of the molecule is CN(C/C=C/B1OC(C)(C)C(C)(C)O1)CCNC(=O)OC(C)(C)C. The van der Waals surface area contributed by atoms with Crippen molar-refractivity contribution in [1.82, 2.24) is 10.2 Å². The maximum atomic E-state index is 11.6. The molecule has 1 fully saturated rings. The van der Waals surface area contributed by atoms with Crippen molar-refractivity contribution in [3.63, 3.8) is 0 Å². The molecule has 0 saturated carbocycles. The topological polar surface area (TPSA) is 60.0 Å². The number of nitrogens with zero attached hydrogens (tertiary/aromatic N) is 1. The number of hydrogen-bond acceptors (Lipinski definition) is 5. The second kappa shape index (κ2) is 7.89. The predicted molar refractivity (Wildman–Crippen MR) is 97.0 cm³/mol. The monoisotopic (exact) mass is 340 g/mol. The lowest BCUT2D eigenvalue weighted by atomic mass is 9.90. The van der Waals surface area contributed by atoms with Crippen molar-refractivity contribution in [2.75, 3.05) is 26.7 Å². The molecule has 0 aromatic carbocycles. The van der Waals surface area contributed by atoms with E-state index in [1.165, 1.54) is 0 Å². The number of likely N-dealkylation sites (N-methyl/N-ethyl adjacent to an activating group) is 1. The average Bonchev–Trinajstić information content (AvgIpc) is 2.55. The Morgan fingerprint density at radius 3 is 2.25 bits per heavy atom. The first kappa shape index (κ1) is 21.0. The molecule has 0 spiro atoms. The van der Waals surface area contributed by atoms with Crippen molar-refractivity contribution in [3.8, 4) is 0 Å². The number of nitrogens with one attached hydrogen (secondary N) is 1. The van der Waals surface area contributed by atoms with Gasteiger partial charge in [0.15, 0.2) is 0 Å². The predicted octanol–water partition coefficient (Wildman–Crippen LogP) is 2.63. The Kier molecular flexibility index (Phi) is 6.90. The molecule has 24 heavy (non-hydrogen) atoms. The van der Waals surface area contributed by atoms with E-state index in [9.17, 15) is 4.79 Å². The third-order valence-corrected chi connectivity index (χ3v) is 4.14. The molecule has 0 aromatic rings. The Bertz CT molecular complexity index is 442. The Morgan fingerprint density at radius 2 is 1.75 bits per heavy atom. The van der Waals surface area contributed by atoms with Gasteiger partial charge in [-0.3, -0.25) is 0 Å². The van der Waals surface area contributed by atoms with Crippen LogP contribution >= 0.6 is 0 Å². The van der Waals surface area contributed by atoms with Gasteiger partial charge in [0.05, 0.1) is 11.2 Å². The smallest absolute Gasteiger partial charge is 0.444 e. The van der Waals surface area contributed by atoms with Crippen LogP contribution in [0.3, 0.4) is 0 Å². The molecule has 0 aliphatic carbocycles. The van der Waals surface area contributed by atoms with Gasteiger partial charge in [0.1, 0.15) is 5.60 Å². The minimum Gasteiger partial charge on any atom is -0.444 e. The van der Waals surface area contributed by atoms with Crippen molar-refractivity contribution >= 4 is 13.2 Å². The Labute approximate surface area is 147 Å². The molecule has 1 saturated heterocycles. The van der Waals surface area contributed by atoms with Gasteiger partial charge in [-0.25, -0.2) is 4.79 Å². The second-order valence-electron chi connectivity index (χ2n) is 8.24. The molecular formula is C17H33BN2O4. The first-order valence-corrected chi connectivity index (χ1v) is 8.50. The van der Waals surface area contributed by atoms with E-state index in [0.717, 1.165) is 13.1 Å². The molecule has 1 N–H and O–H groups in total. The van der Waals surface area contributed by atoms with E-state index in [1.54, 1.807) is 0 Å². The van der Waals surface area contributed by atoms with E-state index < -0.39 is 5.60 Å². The van der Waals surface area contributed by atoms with Gasteiger partial charge >= 0.3 is 13.2 Å². The molecule has 0 unspecified atom stereocenters. The number of rotatable bonds is 6. The van der Waals surface area contributed by atoms with Gasteiger partial charge in [-0.15, -0.1) is 0 Å². The lowest BCUT2D eigenvalue weighted by molar-refractivity contribution is 0.00578. The number of amides is 1. The van der Waals surface area contributed by atoms with Crippen LogP contribution in [0.2, 0.25) is 0 Å². The largest absolute Gasteiger partial charge is 0.486 e. The molecule has 0 bridgehead atoms. The molecule has 1 aliphatic rings. The van der Waals surface area contributed by atoms with Gasteiger partial charge in [0.25, 0.3) is 0 Å². The van der Waals surface area contributed by atoms with Crippen LogP contribution < -0.4 is 5.32 Å². The van der Waals surface area contributed by atoms with E-state index >= 15 is 0 Å². The van der Waals surface area contributed by atoms with Crippen molar-refractivity contribution in [1.29, 1.82) is 0 Å². The summed E-state index contributed by atoms with van der Waals surface area (Å²) in [6.45, 7) is 15.7. The zero-order valence-corrected chi connectivity index (χ0v) is 16.4. The van der Waals surface area contributed by atoms with Crippen LogP contribution in [-0.4, -0.2) is 61.6 Å². The van der Waals surface area contributed by atoms with Crippen LogP contribution in [0.1, 0.15) is 48.5 Å². The van der Waals surface area contributed by atoms with Gasteiger partial charge in [-0.1, -0.05) is 12.1 Å². The molecule has 1 rings (SSSR count). The molecular weight excluding hydrogens is 307 g/mol. The van der Waals surface area contributed by atoms with Gasteiger partial charge in [-0.2, -0.15) is 0 Å². The molecule has 1 aliphatic heterocycles. The summed E-state index contributed by atoms with van der Waals surface area (Å²) in [4.78, 5) is 13.6. The summed E-state index contributed by atoms with van der Waals surface area (Å²) >= 11 is 0. The van der Waals surface area contributed by atoms with Gasteiger partial charge in [-0.05, 0) is 55.5 Å². The van der Waals surface area contributed by atoms with Crippen LogP contribution in [0.25, 0.3) is 0 Å². The van der Waals surface area contributed by atoms with E-state index in [-0.39, 0.29) is 24.4 Å². The fourth-order valence-electron chi connectivity index (χ4n) is 2.07. The van der Waals surface area contributed by atoms with Gasteiger partial charge in [0, 0.05) is 19.6 Å². The highest BCUT2D eigenvalue weighted by molar-refractivity contribution is 6.51. The number of carbonyl (C=O) groups is 1. The molecule has 1 amide bonds. The number of hydrogen-bond donors (Lipinski definition) is 1. The second-order valence-corrected chi connectivity index (χ2v) is 8.24. The number of ether oxygens (including phenoxy) is 1. The Morgan fingerprint density at radius 1 is 1.21 bits per heavy atom. The Balaban J connectivity index is 2.25. The zero-order valence-electron chi connectivity index (χ0n) is 16.4. The van der Waals surface area contributed by atoms with Crippen molar-refractivity contribution in [3.05, 3.63) is 12.1 Å². The van der Waals surface area contributed by atoms with Crippen LogP contribution in [0.4, 0.5) is 4.79 Å². The maximum absolute atomic E-state index is 11.6. The van der Waals surface area contributed by atoms with E-state index in [1.807, 2.05) is 67.6 Å². The fraction of sp³-hybridized carbons (Fsp3) is 0.824. The van der Waals surface area contributed by atoms with Crippen LogP contribution in [0.15, 0.2) is 12.1 Å². The highest BCUT2D eigenvalue weighted by atomic mass is 16.7. The van der Waals surface area contributed by atoms with E-state index in [2.05, 4.69) is 10.2 Å². The summed E-state index contributed by atoms with van der Waals surface area (Å²) in [6, 6.07) is 0. The fourth-order valence-corrected chi connectivity index (χ4v) is 2.07. The quantitative estimate of drug-likeness (QED) is 0.753.